The number of aryl methyl sites for hydroxylation is 1. The summed E-state index contributed by atoms with van der Waals surface area (Å²) in [5.41, 5.74) is -4.26. The summed E-state index contributed by atoms with van der Waals surface area (Å²) in [5.74, 6) is -1.27. The number of amides is 1. The Morgan fingerprint density at radius 2 is 1.92 bits per heavy atom. The highest BCUT2D eigenvalue weighted by molar-refractivity contribution is 5.80. The normalized spacial score (nSPS) is 23.7. The third-order valence-corrected chi connectivity index (χ3v) is 4.25. The molecular weight excluding hydrogens is 370 g/mol. The fourth-order valence-corrected chi connectivity index (χ4v) is 2.70. The van der Waals surface area contributed by atoms with Crippen LogP contribution in [0.1, 0.15) is 43.0 Å². The molecule has 1 saturated carbocycles. The average Bonchev–Trinajstić information content (AvgIpc) is 3.12. The maximum atomic E-state index is 13.0. The first kappa shape index (κ1) is 18.7. The lowest BCUT2D eigenvalue weighted by atomic mass is 10.1. The van der Waals surface area contributed by atoms with Crippen LogP contribution in [-0.4, -0.2) is 43.9 Å². The summed E-state index contributed by atoms with van der Waals surface area (Å²) in [7, 11) is 0. The number of carbonyl (C=O) groups excluding carboxylic acids is 1. The molecule has 1 aromatic heterocycles. The molecule has 1 aromatic rings. The van der Waals surface area contributed by atoms with Crippen LogP contribution in [0, 0.1) is 0 Å². The van der Waals surface area contributed by atoms with E-state index in [-0.39, 0.29) is 17.5 Å². The second-order valence-electron chi connectivity index (χ2n) is 6.22. The third-order valence-electron chi connectivity index (χ3n) is 4.25. The van der Waals surface area contributed by atoms with E-state index in [1.807, 2.05) is 0 Å². The highest BCUT2D eigenvalue weighted by atomic mass is 19.4. The van der Waals surface area contributed by atoms with E-state index in [0.717, 1.165) is 17.0 Å². The van der Waals surface area contributed by atoms with Gasteiger partial charge in [-0.05, 0) is 18.9 Å². The molecule has 1 fully saturated rings. The quantitative estimate of drug-likeness (QED) is 0.812. The minimum absolute atomic E-state index is 0.0715. The number of halogens is 6. The highest BCUT2D eigenvalue weighted by Crippen LogP contribution is 2.42. The Bertz CT molecular complexity index is 737. The summed E-state index contributed by atoms with van der Waals surface area (Å²) in [5, 5.41) is 16.3. The van der Waals surface area contributed by atoms with Crippen LogP contribution in [0.25, 0.3) is 0 Å². The zero-order valence-electron chi connectivity index (χ0n) is 13.2. The van der Waals surface area contributed by atoms with Crippen LogP contribution in [0.4, 0.5) is 26.3 Å². The molecule has 2 heterocycles. The number of carbonyl (C=O) groups is 1. The van der Waals surface area contributed by atoms with Gasteiger partial charge >= 0.3 is 12.4 Å². The van der Waals surface area contributed by atoms with Crippen molar-refractivity contribution < 1.29 is 36.2 Å². The van der Waals surface area contributed by atoms with Crippen molar-refractivity contribution in [1.82, 2.24) is 14.8 Å². The van der Waals surface area contributed by atoms with Gasteiger partial charge in [-0.25, -0.2) is 0 Å². The summed E-state index contributed by atoms with van der Waals surface area (Å²) < 4.78 is 78.3. The zero-order valence-corrected chi connectivity index (χ0v) is 13.2. The Morgan fingerprint density at radius 3 is 2.46 bits per heavy atom. The van der Waals surface area contributed by atoms with Crippen molar-refractivity contribution in [3.8, 4) is 0 Å². The maximum absolute atomic E-state index is 13.0. The minimum atomic E-state index is -5.12. The molecule has 12 heteroatoms. The van der Waals surface area contributed by atoms with Crippen LogP contribution in [0.2, 0.25) is 0 Å². The van der Waals surface area contributed by atoms with E-state index in [1.165, 1.54) is 0 Å². The van der Waals surface area contributed by atoms with Gasteiger partial charge in [-0.15, -0.1) is 0 Å². The van der Waals surface area contributed by atoms with Crippen molar-refractivity contribution in [1.29, 1.82) is 0 Å². The van der Waals surface area contributed by atoms with Gasteiger partial charge in [0.15, 0.2) is 5.69 Å². The Hall–Kier alpha value is -2.11. The molecule has 0 saturated heterocycles. The van der Waals surface area contributed by atoms with Crippen molar-refractivity contribution >= 4 is 12.1 Å². The first-order valence-electron chi connectivity index (χ1n) is 7.73. The molecule has 26 heavy (non-hydrogen) atoms. The van der Waals surface area contributed by atoms with Crippen molar-refractivity contribution in [3.63, 3.8) is 0 Å². The standard InChI is InChI=1S/C14H14F6N4O2/c15-13(16,17)10-7-9(8-1-2-8)23(22-10)6-3-11(25)24-12(26,4-5-21-24)14(18,19)20/h5,7-8,26H,1-4,6H2/t12-/m1/s1. The molecule has 1 atom stereocenters. The van der Waals surface area contributed by atoms with Crippen LogP contribution in [0.15, 0.2) is 11.2 Å². The van der Waals surface area contributed by atoms with Gasteiger partial charge in [-0.1, -0.05) is 0 Å². The average molecular weight is 384 g/mol. The number of hydrogen-bond acceptors (Lipinski definition) is 4. The molecular formula is C14H14F6N4O2. The lowest BCUT2D eigenvalue weighted by Gasteiger charge is -2.32. The van der Waals surface area contributed by atoms with Gasteiger partial charge in [0, 0.05) is 30.7 Å². The van der Waals surface area contributed by atoms with Gasteiger partial charge in [0.1, 0.15) is 0 Å². The Balaban J connectivity index is 1.74. The zero-order chi connectivity index (χ0) is 19.3. The number of aromatic nitrogens is 2. The molecule has 6 nitrogen and oxygen atoms in total. The predicted octanol–water partition coefficient (Wildman–Crippen LogP) is 2.64. The van der Waals surface area contributed by atoms with Gasteiger partial charge in [0.25, 0.3) is 5.72 Å². The monoisotopic (exact) mass is 384 g/mol. The molecule has 2 aliphatic rings. The number of aliphatic hydroxyl groups is 1. The molecule has 0 bridgehead atoms. The first-order valence-corrected chi connectivity index (χ1v) is 7.73. The summed E-state index contributed by atoms with van der Waals surface area (Å²) in [6.45, 7) is -0.347. The van der Waals surface area contributed by atoms with E-state index < -0.39 is 42.5 Å². The molecule has 0 radical (unpaired) electrons. The molecule has 1 N–H and O–H groups in total. The molecule has 0 aromatic carbocycles. The van der Waals surface area contributed by atoms with Crippen molar-refractivity contribution in [2.24, 2.45) is 5.10 Å². The SMILES string of the molecule is O=C(CCn1nc(C(F)(F)F)cc1C1CC1)N1N=CC[C@@]1(O)C(F)(F)F. The number of nitrogens with zero attached hydrogens (tertiary/aromatic N) is 4. The number of alkyl halides is 6. The van der Waals surface area contributed by atoms with E-state index in [9.17, 15) is 36.2 Å². The molecule has 0 unspecified atom stereocenters. The largest absolute Gasteiger partial charge is 0.438 e. The summed E-state index contributed by atoms with van der Waals surface area (Å²) in [6, 6.07) is 0.891. The Kier molecular flexibility index (Phi) is 4.28. The fourth-order valence-electron chi connectivity index (χ4n) is 2.70. The van der Waals surface area contributed by atoms with Gasteiger partial charge in [-0.2, -0.15) is 41.6 Å². The topological polar surface area (TPSA) is 70.7 Å². The van der Waals surface area contributed by atoms with Crippen molar-refractivity contribution in [3.05, 3.63) is 17.5 Å². The minimum Gasteiger partial charge on any atom is -0.362 e. The van der Waals surface area contributed by atoms with Crippen LogP contribution < -0.4 is 0 Å². The second kappa shape index (κ2) is 5.96. The second-order valence-corrected chi connectivity index (χ2v) is 6.22. The molecule has 1 aliphatic heterocycles. The lowest BCUT2D eigenvalue weighted by molar-refractivity contribution is -0.302. The van der Waals surface area contributed by atoms with Gasteiger partial charge in [-0.3, -0.25) is 9.48 Å². The van der Waals surface area contributed by atoms with E-state index in [0.29, 0.717) is 18.5 Å². The number of rotatable bonds is 4. The maximum Gasteiger partial charge on any atom is 0.438 e. The van der Waals surface area contributed by atoms with Crippen LogP contribution in [0.3, 0.4) is 0 Å². The summed E-state index contributed by atoms with van der Waals surface area (Å²) >= 11 is 0. The number of hydrogen-bond donors (Lipinski definition) is 1. The van der Waals surface area contributed by atoms with Gasteiger partial charge < -0.3 is 5.11 Å². The van der Waals surface area contributed by atoms with Crippen LogP contribution >= 0.6 is 0 Å². The van der Waals surface area contributed by atoms with Crippen molar-refractivity contribution in [2.75, 3.05) is 0 Å². The fraction of sp³-hybridized carbons (Fsp3) is 0.643. The number of hydrazone groups is 1. The highest BCUT2D eigenvalue weighted by Gasteiger charge is 2.61. The Labute approximate surface area is 143 Å². The molecule has 144 valence electrons. The third kappa shape index (κ3) is 3.29. The smallest absolute Gasteiger partial charge is 0.362 e. The molecule has 1 aliphatic carbocycles. The Morgan fingerprint density at radius 1 is 1.27 bits per heavy atom. The lowest BCUT2D eigenvalue weighted by Crippen LogP contribution is -2.56. The van der Waals surface area contributed by atoms with E-state index >= 15 is 0 Å². The van der Waals surface area contributed by atoms with E-state index in [2.05, 4.69) is 10.2 Å². The first-order chi connectivity index (χ1) is 11.9. The predicted molar refractivity (Wildman–Crippen MR) is 74.8 cm³/mol. The summed E-state index contributed by atoms with van der Waals surface area (Å²) in [6.07, 6.45) is -9.15. The van der Waals surface area contributed by atoms with Gasteiger partial charge in [0.2, 0.25) is 5.91 Å². The summed E-state index contributed by atoms with van der Waals surface area (Å²) in [4.78, 5) is 12.1. The molecule has 1 amide bonds. The van der Waals surface area contributed by atoms with E-state index in [1.54, 1.807) is 0 Å². The van der Waals surface area contributed by atoms with Crippen LogP contribution in [-0.2, 0) is 17.5 Å². The van der Waals surface area contributed by atoms with Gasteiger partial charge in [0.05, 0.1) is 6.54 Å². The van der Waals surface area contributed by atoms with E-state index in [4.69, 9.17) is 0 Å². The molecule has 3 rings (SSSR count). The van der Waals surface area contributed by atoms with Crippen LogP contribution in [0.5, 0.6) is 0 Å². The van der Waals surface area contributed by atoms with Crippen molar-refractivity contribution in [2.45, 2.75) is 56.2 Å². The molecule has 0 spiro atoms.